The first kappa shape index (κ1) is 50.7. The number of amides is 1. The Labute approximate surface area is 320 Å². The average Bonchev–Trinajstić information content (AvgIpc) is 3.13. The van der Waals surface area contributed by atoms with Crippen molar-refractivity contribution in [1.29, 1.82) is 0 Å². The van der Waals surface area contributed by atoms with Gasteiger partial charge in [0, 0.05) is 13.0 Å². The molecule has 3 atom stereocenters. The fraction of sp³-hybridized carbons (Fsp3) is 0.837. The first-order valence-electron chi connectivity index (χ1n) is 21.6. The van der Waals surface area contributed by atoms with E-state index < -0.39 is 20.0 Å². The minimum Gasteiger partial charge on any atom is -0.387 e. The molecule has 0 radical (unpaired) electrons. The fourth-order valence-electron chi connectivity index (χ4n) is 6.15. The predicted octanol–water partition coefficient (Wildman–Crippen LogP) is 11.9. The van der Waals surface area contributed by atoms with Crippen LogP contribution in [0, 0.1) is 0 Å². The van der Waals surface area contributed by atoms with Crippen molar-refractivity contribution >= 4 is 13.7 Å². The summed E-state index contributed by atoms with van der Waals surface area (Å²) in [6, 6.07) is -0.866. The SMILES string of the molecule is CCCC/C=C\C/C=C\CCCCCCCC(=O)NC(COP(=O)(O)OCCN)C(O)/C=C/CCCCCCCCCCCCCCCCCCC. The molecule has 52 heavy (non-hydrogen) atoms. The van der Waals surface area contributed by atoms with Gasteiger partial charge in [0.15, 0.2) is 0 Å². The molecule has 0 saturated heterocycles. The smallest absolute Gasteiger partial charge is 0.387 e. The third-order valence-corrected chi connectivity index (χ3v) is 10.4. The van der Waals surface area contributed by atoms with Crippen LogP contribution in [0.5, 0.6) is 0 Å². The topological polar surface area (TPSA) is 131 Å². The van der Waals surface area contributed by atoms with Crippen LogP contribution in [-0.4, -0.2) is 47.8 Å². The highest BCUT2D eigenvalue weighted by Gasteiger charge is 2.26. The number of carbonyl (C=O) groups is 1. The number of rotatable bonds is 40. The number of nitrogens with one attached hydrogen (secondary N) is 1. The number of aliphatic hydroxyl groups is 1. The van der Waals surface area contributed by atoms with Gasteiger partial charge < -0.3 is 21.1 Å². The zero-order valence-electron chi connectivity index (χ0n) is 33.8. The molecule has 0 heterocycles. The number of phosphoric ester groups is 1. The molecule has 0 fully saturated rings. The molecule has 0 rings (SSSR count). The summed E-state index contributed by atoms with van der Waals surface area (Å²) in [5, 5.41) is 13.7. The highest BCUT2D eigenvalue weighted by atomic mass is 31.2. The Morgan fingerprint density at radius 3 is 1.58 bits per heavy atom. The van der Waals surface area contributed by atoms with Crippen molar-refractivity contribution in [2.45, 2.75) is 212 Å². The third-order valence-electron chi connectivity index (χ3n) is 9.46. The molecule has 0 aromatic heterocycles. The molecule has 306 valence electrons. The second kappa shape index (κ2) is 39.4. The predicted molar refractivity (Wildman–Crippen MR) is 221 cm³/mol. The van der Waals surface area contributed by atoms with Crippen LogP contribution in [0.3, 0.4) is 0 Å². The van der Waals surface area contributed by atoms with Gasteiger partial charge in [-0.15, -0.1) is 0 Å². The zero-order chi connectivity index (χ0) is 38.2. The highest BCUT2D eigenvalue weighted by molar-refractivity contribution is 7.47. The first-order valence-corrected chi connectivity index (χ1v) is 23.1. The molecule has 9 heteroatoms. The van der Waals surface area contributed by atoms with E-state index in [2.05, 4.69) is 43.5 Å². The van der Waals surface area contributed by atoms with Crippen LogP contribution >= 0.6 is 7.82 Å². The van der Waals surface area contributed by atoms with Gasteiger partial charge in [-0.2, -0.15) is 0 Å². The summed E-state index contributed by atoms with van der Waals surface area (Å²) in [6.07, 6.45) is 46.2. The summed E-state index contributed by atoms with van der Waals surface area (Å²) in [7, 11) is -4.34. The van der Waals surface area contributed by atoms with Crippen LogP contribution in [0.15, 0.2) is 36.5 Å². The summed E-state index contributed by atoms with van der Waals surface area (Å²) >= 11 is 0. The molecular formula is C43H83N2O6P. The lowest BCUT2D eigenvalue weighted by atomic mass is 10.0. The summed E-state index contributed by atoms with van der Waals surface area (Å²) in [5.41, 5.74) is 5.37. The number of hydrogen-bond acceptors (Lipinski definition) is 6. The van der Waals surface area contributed by atoms with Gasteiger partial charge in [0.05, 0.1) is 25.4 Å². The van der Waals surface area contributed by atoms with E-state index in [0.717, 1.165) is 64.2 Å². The Morgan fingerprint density at radius 2 is 1.08 bits per heavy atom. The maximum atomic E-state index is 12.7. The van der Waals surface area contributed by atoms with Crippen molar-refractivity contribution in [2.24, 2.45) is 5.73 Å². The maximum Gasteiger partial charge on any atom is 0.472 e. The van der Waals surface area contributed by atoms with Gasteiger partial charge in [-0.05, 0) is 44.9 Å². The largest absolute Gasteiger partial charge is 0.472 e. The number of hydrogen-bond donors (Lipinski definition) is 4. The van der Waals surface area contributed by atoms with E-state index >= 15 is 0 Å². The maximum absolute atomic E-state index is 12.7. The summed E-state index contributed by atoms with van der Waals surface area (Å²) in [5.74, 6) is -0.209. The van der Waals surface area contributed by atoms with Gasteiger partial charge in [-0.25, -0.2) is 4.57 Å². The molecule has 0 aliphatic rings. The number of nitrogens with two attached hydrogens (primary N) is 1. The van der Waals surface area contributed by atoms with Crippen LogP contribution < -0.4 is 11.1 Å². The normalized spacial score (nSPS) is 14.5. The van der Waals surface area contributed by atoms with Crippen molar-refractivity contribution in [1.82, 2.24) is 5.32 Å². The lowest BCUT2D eigenvalue weighted by molar-refractivity contribution is -0.123. The minimum absolute atomic E-state index is 0.0757. The summed E-state index contributed by atoms with van der Waals surface area (Å²) in [4.78, 5) is 22.7. The van der Waals surface area contributed by atoms with E-state index in [1.54, 1.807) is 6.08 Å². The van der Waals surface area contributed by atoms with Gasteiger partial charge in [0.2, 0.25) is 5.91 Å². The Kier molecular flexibility index (Phi) is 38.4. The fourth-order valence-corrected chi connectivity index (χ4v) is 6.91. The monoisotopic (exact) mass is 755 g/mol. The second-order valence-electron chi connectivity index (χ2n) is 14.6. The molecule has 0 aliphatic heterocycles. The molecule has 1 amide bonds. The van der Waals surface area contributed by atoms with Crippen LogP contribution in [0.2, 0.25) is 0 Å². The molecular weight excluding hydrogens is 671 g/mol. The molecule has 8 nitrogen and oxygen atoms in total. The Hall–Kier alpha value is -1.28. The standard InChI is InChI=1S/C43H83N2O6P/c1-3-5-7-9-11-13-15-17-19-20-21-22-23-24-26-28-30-32-34-36-42(46)41(40-51-52(48,49)50-39-38-44)45-43(47)37-35-33-31-29-27-25-18-16-14-12-10-8-6-4-2/h10,12,16,18,34,36,41-42,46H,3-9,11,13-15,17,19-33,35,37-40,44H2,1-2H3,(H,45,47)(H,48,49)/b12-10-,18-16-,36-34+. The zero-order valence-corrected chi connectivity index (χ0v) is 34.7. The highest BCUT2D eigenvalue weighted by Crippen LogP contribution is 2.43. The summed E-state index contributed by atoms with van der Waals surface area (Å²) < 4.78 is 22.1. The Bertz CT molecular complexity index is 912. The molecule has 0 bridgehead atoms. The number of allylic oxidation sites excluding steroid dienone is 5. The van der Waals surface area contributed by atoms with Gasteiger partial charge in [-0.1, -0.05) is 185 Å². The van der Waals surface area contributed by atoms with Crippen molar-refractivity contribution in [3.05, 3.63) is 36.5 Å². The van der Waals surface area contributed by atoms with Gasteiger partial charge >= 0.3 is 7.82 Å². The van der Waals surface area contributed by atoms with Crippen molar-refractivity contribution < 1.29 is 28.4 Å². The molecule has 5 N–H and O–H groups in total. The molecule has 0 saturated carbocycles. The Balaban J connectivity index is 4.23. The molecule has 0 spiro atoms. The van der Waals surface area contributed by atoms with E-state index in [1.165, 1.54) is 116 Å². The Morgan fingerprint density at radius 1 is 0.635 bits per heavy atom. The number of phosphoric acid groups is 1. The van der Waals surface area contributed by atoms with E-state index in [1.807, 2.05) is 6.08 Å². The van der Waals surface area contributed by atoms with Gasteiger partial charge in [-0.3, -0.25) is 13.8 Å². The summed E-state index contributed by atoms with van der Waals surface area (Å²) in [6.45, 7) is 4.09. The quantitative estimate of drug-likeness (QED) is 0.0278. The van der Waals surface area contributed by atoms with E-state index in [9.17, 15) is 19.4 Å². The molecule has 0 aliphatic carbocycles. The van der Waals surface area contributed by atoms with Crippen LogP contribution in [-0.2, 0) is 18.4 Å². The van der Waals surface area contributed by atoms with Crippen LogP contribution in [0.1, 0.15) is 200 Å². The molecule has 3 unspecified atom stereocenters. The lowest BCUT2D eigenvalue weighted by Crippen LogP contribution is -2.45. The number of unbranched alkanes of at least 4 members (excludes halogenated alkanes) is 24. The van der Waals surface area contributed by atoms with Crippen LogP contribution in [0.4, 0.5) is 0 Å². The van der Waals surface area contributed by atoms with Crippen molar-refractivity contribution in [2.75, 3.05) is 19.8 Å². The number of aliphatic hydroxyl groups excluding tert-OH is 1. The first-order chi connectivity index (χ1) is 25.4. The lowest BCUT2D eigenvalue weighted by Gasteiger charge is -2.23. The molecule has 0 aromatic rings. The van der Waals surface area contributed by atoms with Crippen molar-refractivity contribution in [3.8, 4) is 0 Å². The molecule has 0 aromatic carbocycles. The van der Waals surface area contributed by atoms with Crippen LogP contribution in [0.25, 0.3) is 0 Å². The minimum atomic E-state index is -4.34. The van der Waals surface area contributed by atoms with E-state index in [-0.39, 0.29) is 25.7 Å². The van der Waals surface area contributed by atoms with E-state index in [0.29, 0.717) is 6.42 Å². The average molecular weight is 755 g/mol. The third kappa shape index (κ3) is 37.1. The van der Waals surface area contributed by atoms with Crippen molar-refractivity contribution in [3.63, 3.8) is 0 Å². The van der Waals surface area contributed by atoms with Gasteiger partial charge in [0.1, 0.15) is 0 Å². The van der Waals surface area contributed by atoms with E-state index in [4.69, 9.17) is 14.8 Å². The number of carbonyl (C=O) groups excluding carboxylic acids is 1. The van der Waals surface area contributed by atoms with Gasteiger partial charge in [0.25, 0.3) is 0 Å². The second-order valence-corrected chi connectivity index (χ2v) is 16.0.